The molecule has 0 aliphatic rings. The van der Waals surface area contributed by atoms with E-state index in [9.17, 15) is 0 Å². The molecule has 0 aliphatic carbocycles. The van der Waals surface area contributed by atoms with Crippen molar-refractivity contribution in [3.63, 3.8) is 0 Å². The fraction of sp³-hybridized carbons (Fsp3) is 0.500. The van der Waals surface area contributed by atoms with Crippen LogP contribution in [-0.2, 0) is 0 Å². The first-order chi connectivity index (χ1) is 5.20. The van der Waals surface area contributed by atoms with Gasteiger partial charge < -0.3 is 10.0 Å². The number of allylic oxidation sites excluding steroid dienone is 4. The molecule has 0 aliphatic heterocycles. The second kappa shape index (κ2) is 6.19. The first-order valence-corrected chi connectivity index (χ1v) is 3.87. The molecule has 0 rings (SSSR count). The van der Waals surface area contributed by atoms with Crippen molar-refractivity contribution >= 4 is 7.12 Å². The largest absolute Gasteiger partial charge is 0.455 e. The Morgan fingerprint density at radius 2 is 2.09 bits per heavy atom. The minimum absolute atomic E-state index is 0.348. The molecule has 0 spiro atoms. The summed E-state index contributed by atoms with van der Waals surface area (Å²) in [5.74, 6) is 0. The van der Waals surface area contributed by atoms with Gasteiger partial charge in [0.25, 0.3) is 0 Å². The van der Waals surface area contributed by atoms with Crippen molar-refractivity contribution in [1.82, 2.24) is 0 Å². The second-order valence-electron chi connectivity index (χ2n) is 2.39. The highest BCUT2D eigenvalue weighted by Gasteiger charge is 2.07. The molecule has 0 fully saturated rings. The molecule has 0 unspecified atom stereocenters. The zero-order valence-corrected chi connectivity index (χ0v) is 7.12. The molecule has 11 heavy (non-hydrogen) atoms. The summed E-state index contributed by atoms with van der Waals surface area (Å²) in [6.45, 7) is 3.93. The van der Waals surface area contributed by atoms with Gasteiger partial charge in [0, 0.05) is 6.32 Å². The van der Waals surface area contributed by atoms with Crippen LogP contribution >= 0.6 is 0 Å². The predicted octanol–water partition coefficient (Wildman–Crippen LogP) is 1.37. The summed E-state index contributed by atoms with van der Waals surface area (Å²) in [5.41, 5.74) is 1.05. The van der Waals surface area contributed by atoms with Gasteiger partial charge in [0.05, 0.1) is 0 Å². The highest BCUT2D eigenvalue weighted by molar-refractivity contribution is 6.41. The molecule has 0 amide bonds. The summed E-state index contributed by atoms with van der Waals surface area (Å²) in [5, 5.41) is 17.3. The molecule has 3 heteroatoms. The molecule has 2 nitrogen and oxygen atoms in total. The Kier molecular flexibility index (Phi) is 5.89. The van der Waals surface area contributed by atoms with Gasteiger partial charge >= 0.3 is 7.12 Å². The van der Waals surface area contributed by atoms with E-state index in [2.05, 4.69) is 0 Å². The summed E-state index contributed by atoms with van der Waals surface area (Å²) >= 11 is 0. The Morgan fingerprint density at radius 1 is 1.45 bits per heavy atom. The van der Waals surface area contributed by atoms with Gasteiger partial charge in [0.1, 0.15) is 0 Å². The zero-order chi connectivity index (χ0) is 8.69. The highest BCUT2D eigenvalue weighted by Crippen LogP contribution is 2.08. The molecule has 0 radical (unpaired) electrons. The van der Waals surface area contributed by atoms with Crippen molar-refractivity contribution in [3.8, 4) is 0 Å². The van der Waals surface area contributed by atoms with Crippen LogP contribution in [0.15, 0.2) is 23.8 Å². The highest BCUT2D eigenvalue weighted by atomic mass is 16.4. The van der Waals surface area contributed by atoms with Crippen LogP contribution in [0.25, 0.3) is 0 Å². The Bertz CT molecular complexity index is 150. The second-order valence-corrected chi connectivity index (χ2v) is 2.39. The van der Waals surface area contributed by atoms with Crippen LogP contribution in [0.2, 0.25) is 6.32 Å². The van der Waals surface area contributed by atoms with Crippen molar-refractivity contribution < 1.29 is 10.0 Å². The van der Waals surface area contributed by atoms with E-state index in [0.717, 1.165) is 12.0 Å². The molecule has 0 aromatic rings. The standard InChI is InChI=1S/C8H15BO2/c1-3-5-6-8(4-2)7-9(10)11/h3,5-6,10-11H,4,7H2,1-2H3/b5-3-,8-6-. The van der Waals surface area contributed by atoms with Gasteiger partial charge in [-0.25, -0.2) is 0 Å². The number of hydrogen-bond donors (Lipinski definition) is 2. The van der Waals surface area contributed by atoms with Crippen LogP contribution in [0.3, 0.4) is 0 Å². The average Bonchev–Trinajstić information content (AvgIpc) is 1.97. The molecule has 2 N–H and O–H groups in total. The normalized spacial score (nSPS) is 12.5. The minimum atomic E-state index is -1.22. The first kappa shape index (κ1) is 10.5. The first-order valence-electron chi connectivity index (χ1n) is 3.87. The number of hydrogen-bond acceptors (Lipinski definition) is 2. The maximum Gasteiger partial charge on any atom is 0.455 e. The third-order valence-electron chi connectivity index (χ3n) is 1.42. The van der Waals surface area contributed by atoms with Gasteiger partial charge in [-0.3, -0.25) is 0 Å². The summed E-state index contributed by atoms with van der Waals surface area (Å²) in [7, 11) is -1.22. The van der Waals surface area contributed by atoms with Crippen LogP contribution in [0.4, 0.5) is 0 Å². The summed E-state index contributed by atoms with van der Waals surface area (Å²) in [6.07, 6.45) is 6.95. The van der Waals surface area contributed by atoms with E-state index in [4.69, 9.17) is 10.0 Å². The third kappa shape index (κ3) is 5.89. The van der Waals surface area contributed by atoms with Crippen molar-refractivity contribution in [1.29, 1.82) is 0 Å². The van der Waals surface area contributed by atoms with E-state index in [1.165, 1.54) is 0 Å². The molecule has 0 saturated carbocycles. The Morgan fingerprint density at radius 3 is 2.45 bits per heavy atom. The lowest BCUT2D eigenvalue weighted by Gasteiger charge is -2.00. The molecule has 0 atom stereocenters. The van der Waals surface area contributed by atoms with E-state index in [1.54, 1.807) is 0 Å². The maximum absolute atomic E-state index is 8.64. The lowest BCUT2D eigenvalue weighted by molar-refractivity contribution is 0.409. The van der Waals surface area contributed by atoms with E-state index in [1.807, 2.05) is 32.1 Å². The molecule has 0 bridgehead atoms. The smallest absolute Gasteiger partial charge is 0.427 e. The van der Waals surface area contributed by atoms with Crippen molar-refractivity contribution in [3.05, 3.63) is 23.8 Å². The van der Waals surface area contributed by atoms with Crippen LogP contribution in [0.5, 0.6) is 0 Å². The fourth-order valence-electron chi connectivity index (χ4n) is 0.797. The van der Waals surface area contributed by atoms with E-state index < -0.39 is 7.12 Å². The Hall–Kier alpha value is -0.535. The SMILES string of the molecule is C/C=C\C=C(\CC)CB(O)O. The topological polar surface area (TPSA) is 40.5 Å². The predicted molar refractivity (Wildman–Crippen MR) is 48.2 cm³/mol. The molecule has 0 aromatic carbocycles. The summed E-state index contributed by atoms with van der Waals surface area (Å²) in [6, 6.07) is 0. The van der Waals surface area contributed by atoms with Gasteiger partial charge in [-0.15, -0.1) is 0 Å². The summed E-state index contributed by atoms with van der Waals surface area (Å²) in [4.78, 5) is 0. The van der Waals surface area contributed by atoms with Gasteiger partial charge in [-0.05, 0) is 13.3 Å². The van der Waals surface area contributed by atoms with Gasteiger partial charge in [0.15, 0.2) is 0 Å². The van der Waals surface area contributed by atoms with Crippen LogP contribution in [-0.4, -0.2) is 17.2 Å². The van der Waals surface area contributed by atoms with Crippen LogP contribution < -0.4 is 0 Å². The lowest BCUT2D eigenvalue weighted by Crippen LogP contribution is -2.10. The van der Waals surface area contributed by atoms with Crippen molar-refractivity contribution in [2.24, 2.45) is 0 Å². The molecular weight excluding hydrogens is 139 g/mol. The molecule has 0 saturated heterocycles. The van der Waals surface area contributed by atoms with Crippen molar-refractivity contribution in [2.75, 3.05) is 0 Å². The monoisotopic (exact) mass is 154 g/mol. The molecule has 0 aromatic heterocycles. The van der Waals surface area contributed by atoms with Gasteiger partial charge in [-0.1, -0.05) is 30.7 Å². The van der Waals surface area contributed by atoms with Gasteiger partial charge in [-0.2, -0.15) is 0 Å². The van der Waals surface area contributed by atoms with E-state index in [-0.39, 0.29) is 0 Å². The minimum Gasteiger partial charge on any atom is -0.427 e. The Labute approximate surface area is 68.4 Å². The fourth-order valence-corrected chi connectivity index (χ4v) is 0.797. The van der Waals surface area contributed by atoms with Crippen molar-refractivity contribution in [2.45, 2.75) is 26.6 Å². The average molecular weight is 154 g/mol. The van der Waals surface area contributed by atoms with Crippen LogP contribution in [0, 0.1) is 0 Å². The lowest BCUT2D eigenvalue weighted by atomic mass is 9.81. The maximum atomic E-state index is 8.64. The van der Waals surface area contributed by atoms with Crippen LogP contribution in [0.1, 0.15) is 20.3 Å². The van der Waals surface area contributed by atoms with E-state index in [0.29, 0.717) is 6.32 Å². The Balaban J connectivity index is 3.94. The van der Waals surface area contributed by atoms with Gasteiger partial charge in [0.2, 0.25) is 0 Å². The molecular formula is C8H15BO2. The number of rotatable bonds is 4. The summed E-state index contributed by atoms with van der Waals surface area (Å²) < 4.78 is 0. The molecule has 62 valence electrons. The zero-order valence-electron chi connectivity index (χ0n) is 7.12. The quantitative estimate of drug-likeness (QED) is 0.474. The third-order valence-corrected chi connectivity index (χ3v) is 1.42. The van der Waals surface area contributed by atoms with E-state index >= 15 is 0 Å². The molecule has 0 heterocycles.